The van der Waals surface area contributed by atoms with Gasteiger partial charge in [-0.25, -0.2) is 4.68 Å². The lowest BCUT2D eigenvalue weighted by Gasteiger charge is -2.24. The highest BCUT2D eigenvalue weighted by molar-refractivity contribution is 7.99. The Balaban J connectivity index is 1.83. The minimum atomic E-state index is 0.584. The van der Waals surface area contributed by atoms with E-state index in [1.165, 1.54) is 30.0 Å². The normalized spacial score (nSPS) is 19.7. The molecule has 0 amide bonds. The number of nitrogens with zero attached hydrogens (tertiary/aromatic N) is 2. The van der Waals surface area contributed by atoms with Crippen LogP contribution in [0.3, 0.4) is 0 Å². The topological polar surface area (TPSA) is 29.9 Å². The molecule has 1 saturated heterocycles. The predicted octanol–water partition coefficient (Wildman–Crippen LogP) is 3.18. The Hall–Kier alpha value is -1.42. The average Bonchev–Trinajstić information content (AvgIpc) is 2.94. The van der Waals surface area contributed by atoms with Crippen molar-refractivity contribution in [2.75, 3.05) is 16.8 Å². The number of benzene rings is 1. The van der Waals surface area contributed by atoms with Crippen LogP contribution in [0.2, 0.25) is 0 Å². The van der Waals surface area contributed by atoms with Crippen LogP contribution in [-0.4, -0.2) is 27.3 Å². The lowest BCUT2D eigenvalue weighted by molar-refractivity contribution is 0.684. The number of hydrogen-bond acceptors (Lipinski definition) is 3. The first-order chi connectivity index (χ1) is 8.93. The van der Waals surface area contributed by atoms with Crippen LogP contribution in [0.15, 0.2) is 42.7 Å². The average molecular weight is 259 g/mol. The van der Waals surface area contributed by atoms with Crippen LogP contribution in [0.4, 0.5) is 5.69 Å². The van der Waals surface area contributed by atoms with Gasteiger partial charge in [0, 0.05) is 24.2 Å². The number of anilines is 1. The SMILES string of the molecule is c1ccc(-n2cccn2)c(NC2CCCSC2)c1. The van der Waals surface area contributed by atoms with E-state index in [1.807, 2.05) is 34.9 Å². The molecule has 3 rings (SSSR count). The summed E-state index contributed by atoms with van der Waals surface area (Å²) in [6.07, 6.45) is 6.37. The van der Waals surface area contributed by atoms with Gasteiger partial charge < -0.3 is 5.32 Å². The van der Waals surface area contributed by atoms with Gasteiger partial charge in [-0.05, 0) is 36.8 Å². The fourth-order valence-corrected chi connectivity index (χ4v) is 3.35. The van der Waals surface area contributed by atoms with Crippen LogP contribution < -0.4 is 5.32 Å². The summed E-state index contributed by atoms with van der Waals surface area (Å²) in [5.74, 6) is 2.51. The van der Waals surface area contributed by atoms with Gasteiger partial charge in [0.25, 0.3) is 0 Å². The standard InChI is InChI=1S/C14H17N3S/c1-2-7-14(17-9-4-8-15-17)13(6-1)16-12-5-3-10-18-11-12/h1-2,4,6-9,12,16H,3,5,10-11H2. The highest BCUT2D eigenvalue weighted by Crippen LogP contribution is 2.24. The smallest absolute Gasteiger partial charge is 0.0876 e. The summed E-state index contributed by atoms with van der Waals surface area (Å²) in [6.45, 7) is 0. The van der Waals surface area contributed by atoms with Gasteiger partial charge in [0.2, 0.25) is 0 Å². The molecule has 0 bridgehead atoms. The molecule has 0 spiro atoms. The zero-order valence-corrected chi connectivity index (χ0v) is 11.1. The van der Waals surface area contributed by atoms with E-state index in [2.05, 4.69) is 34.7 Å². The second kappa shape index (κ2) is 5.48. The first-order valence-corrected chi connectivity index (χ1v) is 7.52. The van der Waals surface area contributed by atoms with Crippen molar-refractivity contribution in [3.05, 3.63) is 42.7 Å². The summed E-state index contributed by atoms with van der Waals surface area (Å²) < 4.78 is 1.91. The molecule has 94 valence electrons. The third-order valence-electron chi connectivity index (χ3n) is 3.18. The lowest BCUT2D eigenvalue weighted by atomic mass is 10.1. The van der Waals surface area contributed by atoms with Crippen molar-refractivity contribution in [2.45, 2.75) is 18.9 Å². The molecule has 2 aromatic rings. The number of hydrogen-bond donors (Lipinski definition) is 1. The van der Waals surface area contributed by atoms with Gasteiger partial charge in [0.1, 0.15) is 0 Å². The molecular formula is C14H17N3S. The maximum absolute atomic E-state index is 4.31. The van der Waals surface area contributed by atoms with Crippen LogP contribution in [0.5, 0.6) is 0 Å². The summed E-state index contributed by atoms with van der Waals surface area (Å²) >= 11 is 2.04. The molecule has 1 aromatic heterocycles. The molecule has 18 heavy (non-hydrogen) atoms. The van der Waals surface area contributed by atoms with Crippen molar-refractivity contribution in [1.82, 2.24) is 9.78 Å². The summed E-state index contributed by atoms with van der Waals surface area (Å²) in [4.78, 5) is 0. The summed E-state index contributed by atoms with van der Waals surface area (Å²) in [7, 11) is 0. The molecule has 1 atom stereocenters. The van der Waals surface area contributed by atoms with Gasteiger partial charge in [0.15, 0.2) is 0 Å². The second-order valence-corrected chi connectivity index (χ2v) is 5.68. The van der Waals surface area contributed by atoms with Crippen LogP contribution >= 0.6 is 11.8 Å². The number of nitrogens with one attached hydrogen (secondary N) is 1. The van der Waals surface area contributed by atoms with E-state index in [-0.39, 0.29) is 0 Å². The van der Waals surface area contributed by atoms with Crippen molar-refractivity contribution in [1.29, 1.82) is 0 Å². The molecule has 0 saturated carbocycles. The predicted molar refractivity (Wildman–Crippen MR) is 77.5 cm³/mol. The minimum absolute atomic E-state index is 0.584. The van der Waals surface area contributed by atoms with E-state index < -0.39 is 0 Å². The van der Waals surface area contributed by atoms with Crippen molar-refractivity contribution < 1.29 is 0 Å². The number of rotatable bonds is 3. The number of aromatic nitrogens is 2. The van der Waals surface area contributed by atoms with E-state index in [0.717, 1.165) is 5.69 Å². The van der Waals surface area contributed by atoms with Crippen LogP contribution in [-0.2, 0) is 0 Å². The highest BCUT2D eigenvalue weighted by Gasteiger charge is 2.15. The van der Waals surface area contributed by atoms with Crippen LogP contribution in [0, 0.1) is 0 Å². The largest absolute Gasteiger partial charge is 0.380 e. The molecule has 1 aromatic carbocycles. The van der Waals surface area contributed by atoms with Gasteiger partial charge in [-0.15, -0.1) is 0 Å². The lowest BCUT2D eigenvalue weighted by Crippen LogP contribution is -2.26. The molecule has 1 fully saturated rings. The Morgan fingerprint density at radius 1 is 1.28 bits per heavy atom. The summed E-state index contributed by atoms with van der Waals surface area (Å²) in [5, 5.41) is 7.97. The molecule has 1 aliphatic rings. The Bertz CT molecular complexity index is 490. The van der Waals surface area contributed by atoms with Crippen molar-refractivity contribution in [3.63, 3.8) is 0 Å². The molecule has 0 radical (unpaired) electrons. The van der Waals surface area contributed by atoms with E-state index in [4.69, 9.17) is 0 Å². The molecule has 0 aliphatic carbocycles. The maximum Gasteiger partial charge on any atom is 0.0876 e. The fourth-order valence-electron chi connectivity index (χ4n) is 2.28. The Kier molecular flexibility index (Phi) is 3.55. The third-order valence-corrected chi connectivity index (χ3v) is 4.39. The van der Waals surface area contributed by atoms with Crippen molar-refractivity contribution in [2.24, 2.45) is 0 Å². The van der Waals surface area contributed by atoms with Gasteiger partial charge in [-0.1, -0.05) is 12.1 Å². The monoisotopic (exact) mass is 259 g/mol. The molecule has 4 heteroatoms. The zero-order chi connectivity index (χ0) is 12.2. The quantitative estimate of drug-likeness (QED) is 0.918. The molecule has 1 unspecified atom stereocenters. The van der Waals surface area contributed by atoms with Crippen molar-refractivity contribution in [3.8, 4) is 5.69 Å². The summed E-state index contributed by atoms with van der Waals surface area (Å²) in [5.41, 5.74) is 2.30. The molecule has 1 aliphatic heterocycles. The number of para-hydroxylation sites is 2. The first-order valence-electron chi connectivity index (χ1n) is 6.37. The van der Waals surface area contributed by atoms with Crippen LogP contribution in [0.25, 0.3) is 5.69 Å². The second-order valence-electron chi connectivity index (χ2n) is 4.53. The minimum Gasteiger partial charge on any atom is -0.380 e. The van der Waals surface area contributed by atoms with Gasteiger partial charge >= 0.3 is 0 Å². The molecule has 2 heterocycles. The number of thioether (sulfide) groups is 1. The zero-order valence-electron chi connectivity index (χ0n) is 10.2. The van der Waals surface area contributed by atoms with E-state index >= 15 is 0 Å². The van der Waals surface area contributed by atoms with Gasteiger partial charge in [-0.3, -0.25) is 0 Å². The van der Waals surface area contributed by atoms with Crippen LogP contribution in [0.1, 0.15) is 12.8 Å². The summed E-state index contributed by atoms with van der Waals surface area (Å²) in [6, 6.07) is 10.9. The highest BCUT2D eigenvalue weighted by atomic mass is 32.2. The van der Waals surface area contributed by atoms with E-state index in [9.17, 15) is 0 Å². The van der Waals surface area contributed by atoms with E-state index in [0.29, 0.717) is 6.04 Å². The Labute approximate surface area is 112 Å². The van der Waals surface area contributed by atoms with Gasteiger partial charge in [-0.2, -0.15) is 16.9 Å². The molecular weight excluding hydrogens is 242 g/mol. The van der Waals surface area contributed by atoms with Crippen molar-refractivity contribution >= 4 is 17.4 Å². The first kappa shape index (κ1) is 11.7. The van der Waals surface area contributed by atoms with Gasteiger partial charge in [0.05, 0.1) is 11.4 Å². The van der Waals surface area contributed by atoms with E-state index in [1.54, 1.807) is 0 Å². The third kappa shape index (κ3) is 2.53. The Morgan fingerprint density at radius 2 is 2.22 bits per heavy atom. The fraction of sp³-hybridized carbons (Fsp3) is 0.357. The molecule has 1 N–H and O–H groups in total. The maximum atomic E-state index is 4.31. The molecule has 3 nitrogen and oxygen atoms in total. The Morgan fingerprint density at radius 3 is 3.00 bits per heavy atom.